The van der Waals surface area contributed by atoms with Crippen LogP contribution >= 0.6 is 0 Å². The van der Waals surface area contributed by atoms with E-state index in [-0.39, 0.29) is 17.9 Å². The molecule has 2 aliphatic rings. The number of amides is 3. The molecular weight excluding hydrogens is 368 g/mol. The summed E-state index contributed by atoms with van der Waals surface area (Å²) in [6, 6.07) is 9.12. The van der Waals surface area contributed by atoms with Crippen molar-refractivity contribution in [2.45, 2.75) is 12.8 Å². The lowest BCUT2D eigenvalue weighted by atomic mass is 9.96. The van der Waals surface area contributed by atoms with Gasteiger partial charge in [0, 0.05) is 50.9 Å². The number of piperidine rings is 1. The Hall–Kier alpha value is -2.13. The molecule has 1 aromatic carbocycles. The molecule has 0 aliphatic carbocycles. The fourth-order valence-corrected chi connectivity index (χ4v) is 4.42. The molecule has 1 N–H and O–H groups in total. The van der Waals surface area contributed by atoms with E-state index in [0.717, 1.165) is 5.69 Å². The molecule has 0 radical (unpaired) electrons. The third kappa shape index (κ3) is 4.98. The minimum absolute atomic E-state index is 0.0752. The Morgan fingerprint density at radius 2 is 1.48 bits per heavy atom. The summed E-state index contributed by atoms with van der Waals surface area (Å²) in [6.45, 7) is 2.79. The van der Waals surface area contributed by atoms with Crippen LogP contribution in [0.3, 0.4) is 0 Å². The molecule has 8 nitrogen and oxygen atoms in total. The third-order valence-electron chi connectivity index (χ3n) is 5.18. The molecule has 0 aromatic heterocycles. The molecule has 9 heteroatoms. The first-order valence-corrected chi connectivity index (χ1v) is 11.0. The fourth-order valence-electron chi connectivity index (χ4n) is 3.55. The van der Waals surface area contributed by atoms with Gasteiger partial charge in [-0.15, -0.1) is 0 Å². The Bertz CT molecular complexity index is 768. The van der Waals surface area contributed by atoms with E-state index in [1.54, 1.807) is 9.80 Å². The largest absolute Gasteiger partial charge is 0.339 e. The molecule has 0 bridgehead atoms. The number of hydrogen-bond donors (Lipinski definition) is 1. The highest BCUT2D eigenvalue weighted by Crippen LogP contribution is 2.22. The van der Waals surface area contributed by atoms with Gasteiger partial charge in [-0.25, -0.2) is 17.5 Å². The quantitative estimate of drug-likeness (QED) is 0.829. The second-order valence-electron chi connectivity index (χ2n) is 7.04. The van der Waals surface area contributed by atoms with Crippen molar-refractivity contribution >= 4 is 27.6 Å². The van der Waals surface area contributed by atoms with Crippen LogP contribution in [0.4, 0.5) is 10.5 Å². The van der Waals surface area contributed by atoms with Crippen molar-refractivity contribution in [1.82, 2.24) is 14.1 Å². The molecular formula is C18H26N4O4S. The van der Waals surface area contributed by atoms with Crippen LogP contribution in [-0.2, 0) is 14.8 Å². The van der Waals surface area contributed by atoms with E-state index in [1.807, 2.05) is 30.3 Å². The SMILES string of the molecule is CS(=O)(=O)N1CCC(C(=O)N2CCN(C(=O)Nc3ccccc3)CC2)CC1. The number of para-hydroxylation sites is 1. The van der Waals surface area contributed by atoms with Crippen molar-refractivity contribution < 1.29 is 18.0 Å². The number of benzene rings is 1. The van der Waals surface area contributed by atoms with E-state index in [4.69, 9.17) is 0 Å². The number of carbonyl (C=O) groups excluding carboxylic acids is 2. The number of piperazine rings is 1. The number of carbonyl (C=O) groups is 2. The van der Waals surface area contributed by atoms with Gasteiger partial charge in [-0.05, 0) is 25.0 Å². The average Bonchev–Trinajstić information content (AvgIpc) is 2.68. The predicted molar refractivity (Wildman–Crippen MR) is 103 cm³/mol. The first-order valence-electron chi connectivity index (χ1n) is 9.19. The van der Waals surface area contributed by atoms with Crippen LogP contribution in [-0.4, -0.2) is 80.0 Å². The van der Waals surface area contributed by atoms with Crippen molar-refractivity contribution in [2.24, 2.45) is 5.92 Å². The lowest BCUT2D eigenvalue weighted by molar-refractivity contribution is -0.138. The first kappa shape index (κ1) is 19.6. The predicted octanol–water partition coefficient (Wildman–Crippen LogP) is 1.03. The van der Waals surface area contributed by atoms with Crippen LogP contribution in [0.2, 0.25) is 0 Å². The lowest BCUT2D eigenvalue weighted by Gasteiger charge is -2.38. The molecule has 2 heterocycles. The Balaban J connectivity index is 1.46. The maximum Gasteiger partial charge on any atom is 0.321 e. The van der Waals surface area contributed by atoms with Crippen LogP contribution in [0.5, 0.6) is 0 Å². The summed E-state index contributed by atoms with van der Waals surface area (Å²) in [7, 11) is -3.19. The molecule has 0 saturated carbocycles. The number of nitrogens with zero attached hydrogens (tertiary/aromatic N) is 3. The maximum atomic E-state index is 12.7. The Morgan fingerprint density at radius 3 is 2.04 bits per heavy atom. The number of rotatable bonds is 3. The molecule has 2 fully saturated rings. The summed E-state index contributed by atoms with van der Waals surface area (Å²) >= 11 is 0. The van der Waals surface area contributed by atoms with Crippen LogP contribution < -0.4 is 5.32 Å². The van der Waals surface area contributed by atoms with Gasteiger partial charge < -0.3 is 15.1 Å². The molecule has 2 saturated heterocycles. The van der Waals surface area contributed by atoms with E-state index < -0.39 is 10.0 Å². The van der Waals surface area contributed by atoms with E-state index in [9.17, 15) is 18.0 Å². The van der Waals surface area contributed by atoms with Crippen molar-refractivity contribution in [2.75, 3.05) is 50.8 Å². The van der Waals surface area contributed by atoms with Crippen molar-refractivity contribution in [1.29, 1.82) is 0 Å². The molecule has 3 amide bonds. The number of nitrogens with one attached hydrogen (secondary N) is 1. The van der Waals surface area contributed by atoms with Gasteiger partial charge >= 0.3 is 6.03 Å². The highest BCUT2D eigenvalue weighted by atomic mass is 32.2. The first-order chi connectivity index (χ1) is 12.8. The number of urea groups is 1. The van der Waals surface area contributed by atoms with Crippen molar-refractivity contribution in [3.05, 3.63) is 30.3 Å². The van der Waals surface area contributed by atoms with Gasteiger partial charge in [0.05, 0.1) is 6.26 Å². The van der Waals surface area contributed by atoms with Gasteiger partial charge in [0.15, 0.2) is 0 Å². The van der Waals surface area contributed by atoms with Crippen LogP contribution in [0.15, 0.2) is 30.3 Å². The lowest BCUT2D eigenvalue weighted by Crippen LogP contribution is -2.53. The van der Waals surface area contributed by atoms with Gasteiger partial charge in [-0.1, -0.05) is 18.2 Å². The van der Waals surface area contributed by atoms with Crippen LogP contribution in [0.25, 0.3) is 0 Å². The second kappa shape index (κ2) is 8.26. The summed E-state index contributed by atoms with van der Waals surface area (Å²) in [5.74, 6) is -0.0565. The molecule has 0 spiro atoms. The summed E-state index contributed by atoms with van der Waals surface area (Å²) in [6.07, 6.45) is 2.32. The maximum absolute atomic E-state index is 12.7. The highest BCUT2D eigenvalue weighted by Gasteiger charge is 2.33. The summed E-state index contributed by atoms with van der Waals surface area (Å²) in [5.41, 5.74) is 0.749. The zero-order valence-corrected chi connectivity index (χ0v) is 16.3. The summed E-state index contributed by atoms with van der Waals surface area (Å²) in [5, 5.41) is 2.86. The van der Waals surface area contributed by atoms with E-state index in [2.05, 4.69) is 5.32 Å². The topological polar surface area (TPSA) is 90.0 Å². The monoisotopic (exact) mass is 394 g/mol. The zero-order chi connectivity index (χ0) is 19.4. The number of sulfonamides is 1. The van der Waals surface area contributed by atoms with E-state index in [1.165, 1.54) is 10.6 Å². The average molecular weight is 394 g/mol. The van der Waals surface area contributed by atoms with Crippen molar-refractivity contribution in [3.63, 3.8) is 0 Å². The normalized spacial score (nSPS) is 19.7. The van der Waals surface area contributed by atoms with Gasteiger partial charge in [0.2, 0.25) is 15.9 Å². The molecule has 27 heavy (non-hydrogen) atoms. The van der Waals surface area contributed by atoms with Gasteiger partial charge in [-0.2, -0.15) is 0 Å². The standard InChI is InChI=1S/C18H26N4O4S/c1-27(25,26)22-9-7-15(8-10-22)17(23)20-11-13-21(14-12-20)18(24)19-16-5-3-2-4-6-16/h2-6,15H,7-14H2,1H3,(H,19,24). The molecule has 2 aliphatic heterocycles. The zero-order valence-electron chi connectivity index (χ0n) is 15.5. The summed E-state index contributed by atoms with van der Waals surface area (Å²) < 4.78 is 24.6. The highest BCUT2D eigenvalue weighted by molar-refractivity contribution is 7.88. The van der Waals surface area contributed by atoms with E-state index in [0.29, 0.717) is 52.1 Å². The molecule has 148 valence electrons. The van der Waals surface area contributed by atoms with Gasteiger partial charge in [0.1, 0.15) is 0 Å². The smallest absolute Gasteiger partial charge is 0.321 e. The minimum atomic E-state index is -3.19. The minimum Gasteiger partial charge on any atom is -0.339 e. The number of hydrogen-bond acceptors (Lipinski definition) is 4. The molecule has 0 atom stereocenters. The Morgan fingerprint density at radius 1 is 0.926 bits per heavy atom. The molecule has 0 unspecified atom stereocenters. The van der Waals surface area contributed by atoms with Gasteiger partial charge in [-0.3, -0.25) is 4.79 Å². The van der Waals surface area contributed by atoms with Crippen LogP contribution in [0.1, 0.15) is 12.8 Å². The van der Waals surface area contributed by atoms with Gasteiger partial charge in [0.25, 0.3) is 0 Å². The number of anilines is 1. The summed E-state index contributed by atoms with van der Waals surface area (Å²) in [4.78, 5) is 28.6. The fraction of sp³-hybridized carbons (Fsp3) is 0.556. The van der Waals surface area contributed by atoms with Crippen LogP contribution in [0, 0.1) is 5.92 Å². The van der Waals surface area contributed by atoms with E-state index >= 15 is 0 Å². The second-order valence-corrected chi connectivity index (χ2v) is 9.03. The molecule has 1 aromatic rings. The Labute approximate surface area is 160 Å². The van der Waals surface area contributed by atoms with Crippen molar-refractivity contribution in [3.8, 4) is 0 Å². The Kier molecular flexibility index (Phi) is 6.01. The molecule has 3 rings (SSSR count). The third-order valence-corrected chi connectivity index (χ3v) is 6.48.